The lowest BCUT2D eigenvalue weighted by Crippen LogP contribution is -2.62. The van der Waals surface area contributed by atoms with Gasteiger partial charge in [-0.1, -0.05) is 54.4 Å². The number of benzene rings is 2. The standard InChI is InChI=1S/C41H48BrClN6O3/c1-28-25-46(29(2)45-28)18-9-19-48(26-30-10-5-3-6-11-30)40(50)37-27-47(20-21-49(37)41(51)52-35-12-7-4-8-13-35)39-36-17-16-34(43)23-31(36)14-15-32-22-33(42)24-44-38(32)39/h3,5-6,10-11,16-17,22-25,35,37,39H,4,7-9,12-15,18-21,26-27H2,1-2H3/t37-,39+/m1/s1. The molecule has 274 valence electrons. The largest absolute Gasteiger partial charge is 0.446 e. The highest BCUT2D eigenvalue weighted by Gasteiger charge is 2.43. The number of aromatic nitrogens is 3. The Kier molecular flexibility index (Phi) is 11.6. The zero-order valence-corrected chi connectivity index (χ0v) is 32.5. The summed E-state index contributed by atoms with van der Waals surface area (Å²) in [5.41, 5.74) is 6.52. The number of rotatable bonds is 9. The van der Waals surface area contributed by atoms with E-state index in [2.05, 4.69) is 66.9 Å². The van der Waals surface area contributed by atoms with E-state index in [-0.39, 0.29) is 24.1 Å². The third kappa shape index (κ3) is 8.40. The van der Waals surface area contributed by atoms with E-state index in [0.717, 1.165) is 84.3 Å². The first kappa shape index (κ1) is 36.6. The van der Waals surface area contributed by atoms with Gasteiger partial charge >= 0.3 is 6.09 Å². The second kappa shape index (κ2) is 16.5. The van der Waals surface area contributed by atoms with Gasteiger partial charge in [0.25, 0.3) is 0 Å². The summed E-state index contributed by atoms with van der Waals surface area (Å²) in [4.78, 5) is 44.7. The second-order valence-corrected chi connectivity index (χ2v) is 15.9. The molecule has 0 unspecified atom stereocenters. The number of pyridine rings is 1. The molecule has 9 nitrogen and oxygen atoms in total. The van der Waals surface area contributed by atoms with Crippen LogP contribution in [0.2, 0.25) is 5.02 Å². The van der Waals surface area contributed by atoms with Crippen LogP contribution in [0.4, 0.5) is 4.79 Å². The zero-order chi connectivity index (χ0) is 36.2. The Hall–Kier alpha value is -3.73. The van der Waals surface area contributed by atoms with E-state index in [9.17, 15) is 4.79 Å². The molecule has 52 heavy (non-hydrogen) atoms. The molecule has 2 aliphatic carbocycles. The van der Waals surface area contributed by atoms with Crippen LogP contribution in [-0.2, 0) is 35.5 Å². The first-order chi connectivity index (χ1) is 25.2. The van der Waals surface area contributed by atoms with Crippen molar-refractivity contribution in [3.05, 3.63) is 116 Å². The number of piperazine rings is 1. The SMILES string of the molecule is Cc1cn(CCCN(Cc2ccccc2)C(=O)[C@H]2CN([C@H]3c4ccc(Cl)cc4CCc4cc(Br)cnc43)CCN2C(=O)OC2CCCCC2)c(C)n1. The van der Waals surface area contributed by atoms with Gasteiger partial charge in [0.15, 0.2) is 0 Å². The van der Waals surface area contributed by atoms with E-state index in [1.54, 1.807) is 4.90 Å². The minimum atomic E-state index is -0.733. The van der Waals surface area contributed by atoms with Crippen LogP contribution in [0, 0.1) is 13.8 Å². The molecule has 2 aromatic carbocycles. The molecule has 1 saturated heterocycles. The molecule has 0 radical (unpaired) electrons. The Morgan fingerprint density at radius 3 is 2.56 bits per heavy atom. The molecule has 2 aromatic heterocycles. The highest BCUT2D eigenvalue weighted by atomic mass is 79.9. The van der Waals surface area contributed by atoms with E-state index in [0.29, 0.717) is 37.7 Å². The molecule has 1 saturated carbocycles. The van der Waals surface area contributed by atoms with Crippen LogP contribution in [0.3, 0.4) is 0 Å². The fourth-order valence-corrected chi connectivity index (χ4v) is 8.82. The van der Waals surface area contributed by atoms with E-state index in [1.165, 1.54) is 17.5 Å². The maximum absolute atomic E-state index is 15.1. The molecule has 2 amide bonds. The highest BCUT2D eigenvalue weighted by Crippen LogP contribution is 2.39. The first-order valence-electron chi connectivity index (χ1n) is 18.7. The molecule has 2 fully saturated rings. The van der Waals surface area contributed by atoms with Crippen molar-refractivity contribution in [1.29, 1.82) is 0 Å². The fraction of sp³-hybridized carbons (Fsp3) is 0.463. The summed E-state index contributed by atoms with van der Waals surface area (Å²) in [5, 5.41) is 0.707. The number of fused-ring (bicyclic) bond motifs is 2. The van der Waals surface area contributed by atoms with Crippen molar-refractivity contribution in [3.63, 3.8) is 0 Å². The van der Waals surface area contributed by atoms with Crippen molar-refractivity contribution < 1.29 is 14.3 Å². The van der Waals surface area contributed by atoms with E-state index < -0.39 is 6.04 Å². The van der Waals surface area contributed by atoms with Gasteiger partial charge in [-0.05, 0) is 115 Å². The second-order valence-electron chi connectivity index (χ2n) is 14.5. The van der Waals surface area contributed by atoms with E-state index in [4.69, 9.17) is 21.3 Å². The van der Waals surface area contributed by atoms with Crippen LogP contribution in [0.1, 0.15) is 84.0 Å². The number of amides is 2. The quantitative estimate of drug-likeness (QED) is 0.171. The average Bonchev–Trinajstić information content (AvgIpc) is 3.38. The van der Waals surface area contributed by atoms with Gasteiger partial charge in [0.1, 0.15) is 18.0 Å². The van der Waals surface area contributed by atoms with Crippen molar-refractivity contribution in [2.24, 2.45) is 0 Å². The van der Waals surface area contributed by atoms with Crippen LogP contribution in [-0.4, -0.2) is 79.6 Å². The van der Waals surface area contributed by atoms with Crippen molar-refractivity contribution >= 4 is 39.5 Å². The lowest BCUT2D eigenvalue weighted by Gasteiger charge is -2.45. The third-order valence-corrected chi connectivity index (χ3v) is 11.5. The minimum absolute atomic E-state index is 0.0679. The number of halogens is 2. The molecule has 7 rings (SSSR count). The number of imidazole rings is 1. The topological polar surface area (TPSA) is 83.8 Å². The van der Waals surface area contributed by atoms with Gasteiger partial charge in [0.2, 0.25) is 5.91 Å². The lowest BCUT2D eigenvalue weighted by molar-refractivity contribution is -0.140. The summed E-state index contributed by atoms with van der Waals surface area (Å²) in [5.74, 6) is 0.894. The van der Waals surface area contributed by atoms with Gasteiger partial charge < -0.3 is 14.2 Å². The molecular weight excluding hydrogens is 740 g/mol. The van der Waals surface area contributed by atoms with Crippen molar-refractivity contribution in [1.82, 2.24) is 29.2 Å². The van der Waals surface area contributed by atoms with Crippen LogP contribution in [0.15, 0.2) is 71.5 Å². The van der Waals surface area contributed by atoms with Crippen LogP contribution in [0.5, 0.6) is 0 Å². The molecule has 1 aliphatic heterocycles. The van der Waals surface area contributed by atoms with Gasteiger partial charge in [-0.15, -0.1) is 0 Å². The number of carbonyl (C=O) groups is 2. The van der Waals surface area contributed by atoms with E-state index in [1.807, 2.05) is 49.2 Å². The molecule has 0 bridgehead atoms. The molecule has 4 aromatic rings. The summed E-state index contributed by atoms with van der Waals surface area (Å²) in [6, 6.07) is 17.5. The number of nitrogens with zero attached hydrogens (tertiary/aromatic N) is 6. The number of aryl methyl sites for hydroxylation is 5. The van der Waals surface area contributed by atoms with Gasteiger partial charge in [0.05, 0.1) is 17.4 Å². The maximum atomic E-state index is 15.1. The molecular formula is C41H48BrClN6O3. The smallest absolute Gasteiger partial charge is 0.410 e. The predicted molar refractivity (Wildman–Crippen MR) is 206 cm³/mol. The molecule has 0 N–H and O–H groups in total. The molecule has 11 heteroatoms. The van der Waals surface area contributed by atoms with Crippen LogP contribution < -0.4 is 0 Å². The minimum Gasteiger partial charge on any atom is -0.446 e. The third-order valence-electron chi connectivity index (χ3n) is 10.9. The molecule has 3 aliphatic rings. The Morgan fingerprint density at radius 2 is 1.79 bits per heavy atom. The van der Waals surface area contributed by atoms with Crippen LogP contribution in [0.25, 0.3) is 0 Å². The highest BCUT2D eigenvalue weighted by molar-refractivity contribution is 9.10. The van der Waals surface area contributed by atoms with Gasteiger partial charge in [-0.25, -0.2) is 9.78 Å². The number of ether oxygens (including phenoxy) is 1. The average molecular weight is 788 g/mol. The van der Waals surface area contributed by atoms with Crippen molar-refractivity contribution in [2.45, 2.75) is 96.5 Å². The monoisotopic (exact) mass is 786 g/mol. The Balaban J connectivity index is 1.22. The summed E-state index contributed by atoms with van der Waals surface area (Å²) >= 11 is 10.2. The number of hydrogen-bond donors (Lipinski definition) is 0. The summed E-state index contributed by atoms with van der Waals surface area (Å²) in [7, 11) is 0. The van der Waals surface area contributed by atoms with Crippen molar-refractivity contribution in [2.75, 3.05) is 26.2 Å². The van der Waals surface area contributed by atoms with Gasteiger partial charge in [0, 0.05) is 61.2 Å². The number of hydrogen-bond acceptors (Lipinski definition) is 6. The normalized spacial score (nSPS) is 19.4. The molecule has 0 spiro atoms. The summed E-state index contributed by atoms with van der Waals surface area (Å²) < 4.78 is 9.25. The van der Waals surface area contributed by atoms with E-state index >= 15 is 4.79 Å². The predicted octanol–water partition coefficient (Wildman–Crippen LogP) is 8.07. The fourth-order valence-electron chi connectivity index (χ4n) is 8.25. The first-order valence-corrected chi connectivity index (χ1v) is 19.9. The van der Waals surface area contributed by atoms with Gasteiger partial charge in [-0.3, -0.25) is 19.6 Å². The zero-order valence-electron chi connectivity index (χ0n) is 30.1. The Labute approximate surface area is 320 Å². The summed E-state index contributed by atoms with van der Waals surface area (Å²) in [6.45, 7) is 7.05. The lowest BCUT2D eigenvalue weighted by atomic mass is 9.95. The Bertz CT molecular complexity index is 1830. The maximum Gasteiger partial charge on any atom is 0.410 e. The Morgan fingerprint density at radius 1 is 1.00 bits per heavy atom. The molecule has 3 heterocycles. The van der Waals surface area contributed by atoms with Crippen LogP contribution >= 0.6 is 27.5 Å². The molecule has 2 atom stereocenters. The summed E-state index contributed by atoms with van der Waals surface area (Å²) in [6.07, 6.45) is 10.9. The van der Waals surface area contributed by atoms with Gasteiger partial charge in [-0.2, -0.15) is 0 Å². The van der Waals surface area contributed by atoms with Crippen molar-refractivity contribution in [3.8, 4) is 0 Å². The number of carbonyl (C=O) groups excluding carboxylic acids is 2.